The highest BCUT2D eigenvalue weighted by molar-refractivity contribution is 6.32. The van der Waals surface area contributed by atoms with Crippen LogP contribution in [-0.4, -0.2) is 0 Å². The van der Waals surface area contributed by atoms with E-state index in [-0.39, 0.29) is 5.41 Å². The van der Waals surface area contributed by atoms with Crippen LogP contribution in [0.5, 0.6) is 5.75 Å². The fraction of sp³-hybridized carbons (Fsp3) is 0.294. The van der Waals surface area contributed by atoms with Gasteiger partial charge in [-0.2, -0.15) is 0 Å². The van der Waals surface area contributed by atoms with E-state index in [0.29, 0.717) is 23.1 Å². The van der Waals surface area contributed by atoms with Gasteiger partial charge < -0.3 is 10.5 Å². The van der Waals surface area contributed by atoms with Gasteiger partial charge in [0.1, 0.15) is 6.61 Å². The summed E-state index contributed by atoms with van der Waals surface area (Å²) in [6.07, 6.45) is 0. The quantitative estimate of drug-likeness (QED) is 0.824. The van der Waals surface area contributed by atoms with Crippen LogP contribution in [0.4, 0.5) is 5.69 Å². The van der Waals surface area contributed by atoms with Gasteiger partial charge in [-0.1, -0.05) is 62.7 Å². The molecule has 0 aliphatic heterocycles. The smallest absolute Gasteiger partial charge is 0.161 e. The number of hydrogen-bond acceptors (Lipinski definition) is 2. The van der Waals surface area contributed by atoms with Crippen molar-refractivity contribution in [3.05, 3.63) is 58.6 Å². The van der Waals surface area contributed by atoms with Crippen molar-refractivity contribution in [2.24, 2.45) is 0 Å². The molecule has 0 saturated heterocycles. The predicted molar refractivity (Wildman–Crippen MR) is 85.3 cm³/mol. The SMILES string of the molecule is CC(C)(C)c1ccc(COc2c(N)cccc2Cl)cc1. The van der Waals surface area contributed by atoms with Crippen LogP contribution >= 0.6 is 11.6 Å². The molecule has 2 N–H and O–H groups in total. The van der Waals surface area contributed by atoms with Gasteiger partial charge in [0, 0.05) is 0 Å². The number of benzene rings is 2. The van der Waals surface area contributed by atoms with Gasteiger partial charge >= 0.3 is 0 Å². The maximum atomic E-state index is 6.08. The Labute approximate surface area is 125 Å². The average Bonchev–Trinajstić information content (AvgIpc) is 2.37. The molecule has 2 rings (SSSR count). The van der Waals surface area contributed by atoms with E-state index in [1.165, 1.54) is 5.56 Å². The highest BCUT2D eigenvalue weighted by Crippen LogP contribution is 2.31. The third kappa shape index (κ3) is 3.45. The molecule has 0 aromatic heterocycles. The van der Waals surface area contributed by atoms with Crippen molar-refractivity contribution in [3.63, 3.8) is 0 Å². The van der Waals surface area contributed by atoms with Crippen LogP contribution < -0.4 is 10.5 Å². The summed E-state index contributed by atoms with van der Waals surface area (Å²) in [6.45, 7) is 7.05. The molecule has 3 heteroatoms. The maximum Gasteiger partial charge on any atom is 0.161 e. The molecular weight excluding hydrogens is 270 g/mol. The van der Waals surface area contributed by atoms with Crippen molar-refractivity contribution in [2.75, 3.05) is 5.73 Å². The molecule has 0 fully saturated rings. The normalized spacial score (nSPS) is 11.4. The number of para-hydroxylation sites is 1. The van der Waals surface area contributed by atoms with Crippen LogP contribution in [0, 0.1) is 0 Å². The van der Waals surface area contributed by atoms with Crippen LogP contribution in [-0.2, 0) is 12.0 Å². The lowest BCUT2D eigenvalue weighted by Gasteiger charge is -2.19. The third-order valence-corrected chi connectivity index (χ3v) is 3.50. The van der Waals surface area contributed by atoms with Crippen molar-refractivity contribution in [3.8, 4) is 5.75 Å². The Hall–Kier alpha value is -1.67. The first-order valence-electron chi connectivity index (χ1n) is 6.64. The molecule has 20 heavy (non-hydrogen) atoms. The Bertz CT molecular complexity index is 565. The van der Waals surface area contributed by atoms with E-state index in [1.807, 2.05) is 6.07 Å². The van der Waals surface area contributed by atoms with Gasteiger partial charge in [-0.25, -0.2) is 0 Å². The topological polar surface area (TPSA) is 35.2 Å². The molecule has 2 aromatic rings. The van der Waals surface area contributed by atoms with E-state index in [2.05, 4.69) is 45.0 Å². The minimum absolute atomic E-state index is 0.159. The number of hydrogen-bond donors (Lipinski definition) is 1. The Morgan fingerprint density at radius 3 is 2.25 bits per heavy atom. The minimum atomic E-state index is 0.159. The molecule has 0 radical (unpaired) electrons. The van der Waals surface area contributed by atoms with E-state index < -0.39 is 0 Å². The van der Waals surface area contributed by atoms with Crippen LogP contribution in [0.15, 0.2) is 42.5 Å². The molecule has 0 amide bonds. The number of anilines is 1. The van der Waals surface area contributed by atoms with E-state index in [4.69, 9.17) is 22.1 Å². The Morgan fingerprint density at radius 2 is 1.70 bits per heavy atom. The average molecular weight is 290 g/mol. The first-order valence-corrected chi connectivity index (χ1v) is 7.02. The summed E-state index contributed by atoms with van der Waals surface area (Å²) in [6, 6.07) is 13.8. The fourth-order valence-electron chi connectivity index (χ4n) is 1.93. The fourth-order valence-corrected chi connectivity index (χ4v) is 2.17. The number of ether oxygens (including phenoxy) is 1. The summed E-state index contributed by atoms with van der Waals surface area (Å²) in [5.41, 5.74) is 8.97. The predicted octanol–water partition coefficient (Wildman–Crippen LogP) is 4.80. The zero-order chi connectivity index (χ0) is 14.8. The lowest BCUT2D eigenvalue weighted by Crippen LogP contribution is -2.10. The monoisotopic (exact) mass is 289 g/mol. The number of nitrogen functional groups attached to an aromatic ring is 1. The van der Waals surface area contributed by atoms with Gasteiger partial charge in [0.2, 0.25) is 0 Å². The second-order valence-corrected chi connectivity index (χ2v) is 6.30. The molecule has 0 saturated carbocycles. The van der Waals surface area contributed by atoms with Gasteiger partial charge in [0.05, 0.1) is 10.7 Å². The first-order chi connectivity index (χ1) is 9.38. The van der Waals surface area contributed by atoms with Crippen molar-refractivity contribution in [1.29, 1.82) is 0 Å². The summed E-state index contributed by atoms with van der Waals surface area (Å²) in [5, 5.41) is 0.538. The van der Waals surface area contributed by atoms with Crippen molar-refractivity contribution >= 4 is 17.3 Å². The summed E-state index contributed by atoms with van der Waals surface area (Å²) >= 11 is 6.08. The molecule has 0 atom stereocenters. The Morgan fingerprint density at radius 1 is 1.05 bits per heavy atom. The van der Waals surface area contributed by atoms with Crippen LogP contribution in [0.25, 0.3) is 0 Å². The van der Waals surface area contributed by atoms with E-state index >= 15 is 0 Å². The lowest BCUT2D eigenvalue weighted by molar-refractivity contribution is 0.308. The summed E-state index contributed by atoms with van der Waals surface area (Å²) in [5.74, 6) is 0.550. The molecule has 106 valence electrons. The van der Waals surface area contributed by atoms with E-state index in [1.54, 1.807) is 12.1 Å². The first kappa shape index (κ1) is 14.7. The summed E-state index contributed by atoms with van der Waals surface area (Å²) in [7, 11) is 0. The molecule has 0 aliphatic carbocycles. The molecule has 0 aliphatic rings. The van der Waals surface area contributed by atoms with Crippen LogP contribution in [0.3, 0.4) is 0 Å². The third-order valence-electron chi connectivity index (χ3n) is 3.20. The summed E-state index contributed by atoms with van der Waals surface area (Å²) in [4.78, 5) is 0. The maximum absolute atomic E-state index is 6.08. The summed E-state index contributed by atoms with van der Waals surface area (Å²) < 4.78 is 5.72. The number of nitrogens with two attached hydrogens (primary N) is 1. The van der Waals surface area contributed by atoms with Crippen LogP contribution in [0.1, 0.15) is 31.9 Å². The van der Waals surface area contributed by atoms with E-state index in [0.717, 1.165) is 5.56 Å². The van der Waals surface area contributed by atoms with Crippen molar-refractivity contribution in [2.45, 2.75) is 32.8 Å². The van der Waals surface area contributed by atoms with Gasteiger partial charge in [-0.15, -0.1) is 0 Å². The van der Waals surface area contributed by atoms with Gasteiger partial charge in [-0.3, -0.25) is 0 Å². The second-order valence-electron chi connectivity index (χ2n) is 5.89. The molecule has 0 bridgehead atoms. The molecule has 2 nitrogen and oxygen atoms in total. The molecule has 0 unspecified atom stereocenters. The second kappa shape index (κ2) is 5.76. The highest BCUT2D eigenvalue weighted by atomic mass is 35.5. The molecule has 0 spiro atoms. The van der Waals surface area contributed by atoms with Gasteiger partial charge in [0.15, 0.2) is 5.75 Å². The Kier molecular flexibility index (Phi) is 4.24. The van der Waals surface area contributed by atoms with Crippen molar-refractivity contribution < 1.29 is 4.74 Å². The lowest BCUT2D eigenvalue weighted by atomic mass is 9.87. The number of rotatable bonds is 3. The number of halogens is 1. The molecule has 0 heterocycles. The molecule has 2 aromatic carbocycles. The highest BCUT2D eigenvalue weighted by Gasteiger charge is 2.13. The zero-order valence-electron chi connectivity index (χ0n) is 12.1. The zero-order valence-corrected chi connectivity index (χ0v) is 12.9. The van der Waals surface area contributed by atoms with Gasteiger partial charge in [-0.05, 0) is 28.7 Å². The van der Waals surface area contributed by atoms with Crippen molar-refractivity contribution in [1.82, 2.24) is 0 Å². The van der Waals surface area contributed by atoms with Gasteiger partial charge in [0.25, 0.3) is 0 Å². The molecular formula is C17H20ClNO. The van der Waals surface area contributed by atoms with E-state index in [9.17, 15) is 0 Å². The standard InChI is InChI=1S/C17H20ClNO/c1-17(2,3)13-9-7-12(8-10-13)11-20-16-14(18)5-4-6-15(16)19/h4-10H,11,19H2,1-3H3. The Balaban J connectivity index is 2.08. The minimum Gasteiger partial charge on any atom is -0.485 e. The van der Waals surface area contributed by atoms with Crippen LogP contribution in [0.2, 0.25) is 5.02 Å². The largest absolute Gasteiger partial charge is 0.485 e.